The van der Waals surface area contributed by atoms with Gasteiger partial charge in [-0.05, 0) is 31.0 Å². The van der Waals surface area contributed by atoms with Gasteiger partial charge in [0.1, 0.15) is 0 Å². The molecule has 110 valence electrons. The zero-order valence-corrected chi connectivity index (χ0v) is 12.7. The van der Waals surface area contributed by atoms with Crippen LogP contribution in [0.3, 0.4) is 0 Å². The second-order valence-corrected chi connectivity index (χ2v) is 4.66. The first kappa shape index (κ1) is 16.0. The number of benzene rings is 1. The minimum atomic E-state index is -0.0750. The number of rotatable bonds is 5. The number of guanidine groups is 1. The van der Waals surface area contributed by atoms with Gasteiger partial charge in [-0.2, -0.15) is 0 Å². The second-order valence-electron chi connectivity index (χ2n) is 4.66. The maximum atomic E-state index is 11.6. The summed E-state index contributed by atoms with van der Waals surface area (Å²) in [6.07, 6.45) is 1.03. The summed E-state index contributed by atoms with van der Waals surface area (Å²) in [5.74, 6) is 0.693. The van der Waals surface area contributed by atoms with E-state index in [4.69, 9.17) is 0 Å². The Morgan fingerprint density at radius 1 is 1.40 bits per heavy atom. The molecule has 0 aliphatic carbocycles. The molecule has 5 nitrogen and oxygen atoms in total. The van der Waals surface area contributed by atoms with Crippen LogP contribution in [-0.4, -0.2) is 32.0 Å². The van der Waals surface area contributed by atoms with Crippen LogP contribution in [0.25, 0.3) is 0 Å². The summed E-state index contributed by atoms with van der Waals surface area (Å²) in [7, 11) is 3.38. The summed E-state index contributed by atoms with van der Waals surface area (Å²) in [4.78, 5) is 15.8. The number of carbonyl (C=O) groups is 1. The third-order valence-electron chi connectivity index (χ3n) is 3.10. The Hall–Kier alpha value is -2.04. The molecular weight excluding hydrogens is 252 g/mol. The molecule has 20 heavy (non-hydrogen) atoms. The highest BCUT2D eigenvalue weighted by Gasteiger charge is 2.05. The van der Waals surface area contributed by atoms with Crippen LogP contribution in [0.15, 0.2) is 29.3 Å². The highest BCUT2D eigenvalue weighted by atomic mass is 16.1. The molecule has 0 aliphatic rings. The van der Waals surface area contributed by atoms with E-state index in [1.54, 1.807) is 20.2 Å². The molecule has 0 aliphatic heterocycles. The zero-order valence-electron chi connectivity index (χ0n) is 12.7. The van der Waals surface area contributed by atoms with E-state index in [1.165, 1.54) is 0 Å². The average molecular weight is 276 g/mol. The van der Waals surface area contributed by atoms with E-state index in [0.29, 0.717) is 18.2 Å². The Morgan fingerprint density at radius 3 is 2.75 bits per heavy atom. The lowest BCUT2D eigenvalue weighted by Gasteiger charge is -2.16. The molecule has 0 saturated heterocycles. The minimum absolute atomic E-state index is 0.0750. The van der Waals surface area contributed by atoms with Crippen molar-refractivity contribution in [2.45, 2.75) is 32.9 Å². The molecule has 1 atom stereocenters. The van der Waals surface area contributed by atoms with Crippen molar-refractivity contribution < 1.29 is 4.79 Å². The third-order valence-corrected chi connectivity index (χ3v) is 3.10. The molecule has 0 heterocycles. The Kier molecular flexibility index (Phi) is 6.56. The SMILES string of the molecule is CCC(C)NC(=NC)NCc1cccc(C(=O)NC)c1. The van der Waals surface area contributed by atoms with Gasteiger partial charge in [-0.1, -0.05) is 19.1 Å². The van der Waals surface area contributed by atoms with Gasteiger partial charge in [-0.3, -0.25) is 9.79 Å². The van der Waals surface area contributed by atoms with Crippen LogP contribution in [0.5, 0.6) is 0 Å². The molecule has 1 aromatic carbocycles. The van der Waals surface area contributed by atoms with E-state index >= 15 is 0 Å². The molecule has 1 aromatic rings. The van der Waals surface area contributed by atoms with Crippen molar-refractivity contribution in [1.82, 2.24) is 16.0 Å². The summed E-state index contributed by atoms with van der Waals surface area (Å²) in [5, 5.41) is 9.16. The largest absolute Gasteiger partial charge is 0.355 e. The molecule has 0 radical (unpaired) electrons. The highest BCUT2D eigenvalue weighted by Crippen LogP contribution is 2.05. The number of hydrogen-bond acceptors (Lipinski definition) is 2. The number of nitrogens with one attached hydrogen (secondary N) is 3. The van der Waals surface area contributed by atoms with Gasteiger partial charge in [-0.25, -0.2) is 0 Å². The van der Waals surface area contributed by atoms with Crippen LogP contribution in [-0.2, 0) is 6.54 Å². The van der Waals surface area contributed by atoms with E-state index in [2.05, 4.69) is 34.8 Å². The van der Waals surface area contributed by atoms with E-state index in [-0.39, 0.29) is 5.91 Å². The fraction of sp³-hybridized carbons (Fsp3) is 0.467. The predicted molar refractivity (Wildman–Crippen MR) is 82.9 cm³/mol. The van der Waals surface area contributed by atoms with E-state index in [9.17, 15) is 4.79 Å². The number of amides is 1. The van der Waals surface area contributed by atoms with Gasteiger partial charge in [0.2, 0.25) is 0 Å². The molecule has 0 saturated carbocycles. The van der Waals surface area contributed by atoms with Crippen LogP contribution in [0, 0.1) is 0 Å². The lowest BCUT2D eigenvalue weighted by atomic mass is 10.1. The molecule has 0 fully saturated rings. The number of carbonyl (C=O) groups excluding carboxylic acids is 1. The first-order chi connectivity index (χ1) is 9.60. The Labute approximate surface area is 120 Å². The van der Waals surface area contributed by atoms with Crippen LogP contribution < -0.4 is 16.0 Å². The highest BCUT2D eigenvalue weighted by molar-refractivity contribution is 5.94. The fourth-order valence-electron chi connectivity index (χ4n) is 1.68. The summed E-state index contributed by atoms with van der Waals surface area (Å²) < 4.78 is 0. The lowest BCUT2D eigenvalue weighted by Crippen LogP contribution is -2.41. The molecular formula is C15H24N4O. The monoisotopic (exact) mass is 276 g/mol. The topological polar surface area (TPSA) is 65.5 Å². The standard InChI is InChI=1S/C15H24N4O/c1-5-11(2)19-15(17-4)18-10-12-7-6-8-13(9-12)14(20)16-3/h6-9,11H,5,10H2,1-4H3,(H,16,20)(H2,17,18,19). The van der Waals surface area contributed by atoms with Crippen molar-refractivity contribution in [1.29, 1.82) is 0 Å². The van der Waals surface area contributed by atoms with Crippen LogP contribution in [0.4, 0.5) is 0 Å². The summed E-state index contributed by atoms with van der Waals surface area (Å²) in [6.45, 7) is 4.86. The molecule has 1 amide bonds. The quantitative estimate of drug-likeness (QED) is 0.564. The number of hydrogen-bond donors (Lipinski definition) is 3. The minimum Gasteiger partial charge on any atom is -0.355 e. The average Bonchev–Trinajstić information content (AvgIpc) is 2.50. The van der Waals surface area contributed by atoms with Gasteiger partial charge >= 0.3 is 0 Å². The molecule has 1 rings (SSSR count). The van der Waals surface area contributed by atoms with Crippen molar-refractivity contribution in [2.24, 2.45) is 4.99 Å². The van der Waals surface area contributed by atoms with Crippen molar-refractivity contribution in [3.63, 3.8) is 0 Å². The molecule has 0 bridgehead atoms. The van der Waals surface area contributed by atoms with E-state index < -0.39 is 0 Å². The van der Waals surface area contributed by atoms with Gasteiger partial charge in [0, 0.05) is 32.2 Å². The molecule has 0 aromatic heterocycles. The molecule has 3 N–H and O–H groups in total. The Balaban J connectivity index is 2.62. The number of nitrogens with zero attached hydrogens (tertiary/aromatic N) is 1. The van der Waals surface area contributed by atoms with Gasteiger partial charge in [0.15, 0.2) is 5.96 Å². The molecule has 0 spiro atoms. The van der Waals surface area contributed by atoms with Crippen molar-refractivity contribution >= 4 is 11.9 Å². The predicted octanol–water partition coefficient (Wildman–Crippen LogP) is 1.51. The first-order valence-electron chi connectivity index (χ1n) is 6.88. The molecule has 1 unspecified atom stereocenters. The van der Waals surface area contributed by atoms with Crippen molar-refractivity contribution in [3.8, 4) is 0 Å². The first-order valence-corrected chi connectivity index (χ1v) is 6.88. The zero-order chi connectivity index (χ0) is 15.0. The molecule has 5 heteroatoms. The fourth-order valence-corrected chi connectivity index (χ4v) is 1.68. The maximum absolute atomic E-state index is 11.6. The van der Waals surface area contributed by atoms with Crippen LogP contribution in [0.2, 0.25) is 0 Å². The maximum Gasteiger partial charge on any atom is 0.251 e. The van der Waals surface area contributed by atoms with Gasteiger partial charge < -0.3 is 16.0 Å². The summed E-state index contributed by atoms with van der Waals surface area (Å²) in [6, 6.07) is 7.91. The Morgan fingerprint density at radius 2 is 2.15 bits per heavy atom. The third kappa shape index (κ3) is 4.91. The number of aliphatic imine (C=N–C) groups is 1. The van der Waals surface area contributed by atoms with Gasteiger partial charge in [0.25, 0.3) is 5.91 Å². The van der Waals surface area contributed by atoms with Crippen LogP contribution in [0.1, 0.15) is 36.2 Å². The van der Waals surface area contributed by atoms with E-state index in [0.717, 1.165) is 17.9 Å². The lowest BCUT2D eigenvalue weighted by molar-refractivity contribution is 0.0963. The second kappa shape index (κ2) is 8.19. The Bertz CT molecular complexity index is 471. The van der Waals surface area contributed by atoms with E-state index in [1.807, 2.05) is 18.2 Å². The van der Waals surface area contributed by atoms with Crippen molar-refractivity contribution in [3.05, 3.63) is 35.4 Å². The summed E-state index contributed by atoms with van der Waals surface area (Å²) >= 11 is 0. The normalized spacial score (nSPS) is 12.7. The smallest absolute Gasteiger partial charge is 0.251 e. The van der Waals surface area contributed by atoms with Crippen LogP contribution >= 0.6 is 0 Å². The van der Waals surface area contributed by atoms with Gasteiger partial charge in [-0.15, -0.1) is 0 Å². The van der Waals surface area contributed by atoms with Crippen molar-refractivity contribution in [2.75, 3.05) is 14.1 Å². The van der Waals surface area contributed by atoms with Gasteiger partial charge in [0.05, 0.1) is 0 Å². The summed E-state index contributed by atoms with van der Waals surface area (Å²) in [5.41, 5.74) is 1.70.